The van der Waals surface area contributed by atoms with Gasteiger partial charge in [-0.1, -0.05) is 27.7 Å². The van der Waals surface area contributed by atoms with Gasteiger partial charge in [0.05, 0.1) is 0 Å². The molecule has 0 saturated carbocycles. The van der Waals surface area contributed by atoms with Crippen LogP contribution in [-0.2, 0) is 4.79 Å². The summed E-state index contributed by atoms with van der Waals surface area (Å²) in [4.78, 5) is 12.0. The monoisotopic (exact) mass is 276 g/mol. The molecule has 1 unspecified atom stereocenters. The minimum atomic E-state index is 0. The van der Waals surface area contributed by atoms with Crippen LogP contribution in [0.5, 0.6) is 0 Å². The Balaban J connectivity index is 0.00000289. The molecular formula is C14H29ClN2O. The van der Waals surface area contributed by atoms with Crippen LogP contribution in [0.1, 0.15) is 47.0 Å². The lowest BCUT2D eigenvalue weighted by Crippen LogP contribution is -2.50. The first-order valence-corrected chi connectivity index (χ1v) is 7.07. The van der Waals surface area contributed by atoms with E-state index < -0.39 is 0 Å². The molecule has 1 atom stereocenters. The molecule has 1 saturated heterocycles. The van der Waals surface area contributed by atoms with E-state index in [9.17, 15) is 4.79 Å². The number of amides is 1. The minimum absolute atomic E-state index is 0. The van der Waals surface area contributed by atoms with Crippen LogP contribution in [0.25, 0.3) is 0 Å². The Kier molecular flexibility index (Phi) is 7.88. The molecule has 0 spiro atoms. The van der Waals surface area contributed by atoms with Gasteiger partial charge in [-0.15, -0.1) is 12.4 Å². The number of nitrogens with one attached hydrogen (secondary N) is 2. The van der Waals surface area contributed by atoms with Crippen molar-refractivity contribution in [3.8, 4) is 0 Å². The molecule has 1 aliphatic heterocycles. The molecular weight excluding hydrogens is 248 g/mol. The second-order valence-corrected chi connectivity index (χ2v) is 5.49. The van der Waals surface area contributed by atoms with Gasteiger partial charge in [-0.2, -0.15) is 0 Å². The maximum absolute atomic E-state index is 12.0. The van der Waals surface area contributed by atoms with Crippen molar-refractivity contribution in [1.29, 1.82) is 0 Å². The Morgan fingerprint density at radius 2 is 1.78 bits per heavy atom. The van der Waals surface area contributed by atoms with Gasteiger partial charge in [0.2, 0.25) is 5.91 Å². The largest absolute Gasteiger partial charge is 0.355 e. The summed E-state index contributed by atoms with van der Waals surface area (Å²) in [5.74, 6) is 0.921. The Bertz CT molecular complexity index is 242. The van der Waals surface area contributed by atoms with E-state index in [1.807, 2.05) is 6.92 Å². The van der Waals surface area contributed by atoms with Crippen molar-refractivity contribution in [1.82, 2.24) is 10.6 Å². The summed E-state index contributed by atoms with van der Waals surface area (Å²) in [7, 11) is 0. The van der Waals surface area contributed by atoms with Gasteiger partial charge in [-0.3, -0.25) is 4.79 Å². The molecule has 1 fully saturated rings. The molecule has 0 radical (unpaired) electrons. The molecule has 4 heteroatoms. The van der Waals surface area contributed by atoms with Crippen molar-refractivity contribution < 1.29 is 4.79 Å². The number of halogens is 1. The van der Waals surface area contributed by atoms with Crippen molar-refractivity contribution in [2.24, 2.45) is 17.3 Å². The first kappa shape index (κ1) is 17.7. The molecule has 1 rings (SSSR count). The molecule has 3 nitrogen and oxygen atoms in total. The van der Waals surface area contributed by atoms with Gasteiger partial charge >= 0.3 is 0 Å². The van der Waals surface area contributed by atoms with Crippen LogP contribution in [0.3, 0.4) is 0 Å². The van der Waals surface area contributed by atoms with Gasteiger partial charge in [0.1, 0.15) is 0 Å². The Labute approximate surface area is 118 Å². The summed E-state index contributed by atoms with van der Waals surface area (Å²) < 4.78 is 0. The van der Waals surface area contributed by atoms with Gasteiger partial charge in [0.15, 0.2) is 0 Å². The third-order valence-electron chi connectivity index (χ3n) is 4.82. The molecule has 1 aliphatic rings. The Hall–Kier alpha value is -0.280. The molecule has 0 aliphatic carbocycles. The number of hydrogen-bond acceptors (Lipinski definition) is 2. The Morgan fingerprint density at radius 1 is 1.28 bits per heavy atom. The molecule has 18 heavy (non-hydrogen) atoms. The van der Waals surface area contributed by atoms with Gasteiger partial charge in [-0.05, 0) is 43.7 Å². The van der Waals surface area contributed by atoms with E-state index in [2.05, 4.69) is 31.4 Å². The summed E-state index contributed by atoms with van der Waals surface area (Å²) in [6.45, 7) is 11.5. The average Bonchev–Trinajstić information content (AvgIpc) is 2.29. The summed E-state index contributed by atoms with van der Waals surface area (Å²) in [6.07, 6.45) is 3.42. The first-order chi connectivity index (χ1) is 8.08. The van der Waals surface area contributed by atoms with Crippen molar-refractivity contribution in [2.45, 2.75) is 47.0 Å². The second-order valence-electron chi connectivity index (χ2n) is 5.49. The quantitative estimate of drug-likeness (QED) is 0.750. The fraction of sp³-hybridized carbons (Fsp3) is 0.929. The first-order valence-electron chi connectivity index (χ1n) is 7.07. The van der Waals surface area contributed by atoms with E-state index in [4.69, 9.17) is 0 Å². The van der Waals surface area contributed by atoms with Crippen molar-refractivity contribution >= 4 is 18.3 Å². The van der Waals surface area contributed by atoms with E-state index in [0.717, 1.165) is 38.9 Å². The summed E-state index contributed by atoms with van der Waals surface area (Å²) >= 11 is 0. The number of carbonyl (C=O) groups excluding carboxylic acids is 1. The van der Waals surface area contributed by atoms with E-state index >= 15 is 0 Å². The molecule has 0 aromatic carbocycles. The predicted molar refractivity (Wildman–Crippen MR) is 79.1 cm³/mol. The smallest absolute Gasteiger partial charge is 0.223 e. The highest BCUT2D eigenvalue weighted by Gasteiger charge is 2.30. The van der Waals surface area contributed by atoms with Crippen molar-refractivity contribution in [3.05, 3.63) is 0 Å². The maximum Gasteiger partial charge on any atom is 0.223 e. The maximum atomic E-state index is 12.0. The van der Waals surface area contributed by atoms with Gasteiger partial charge in [0, 0.05) is 12.5 Å². The summed E-state index contributed by atoms with van der Waals surface area (Å²) in [5, 5.41) is 6.38. The Morgan fingerprint density at radius 3 is 2.11 bits per heavy atom. The highest BCUT2D eigenvalue weighted by Crippen LogP contribution is 2.29. The number of rotatable bonds is 7. The van der Waals surface area contributed by atoms with Gasteiger partial charge in [-0.25, -0.2) is 0 Å². The summed E-state index contributed by atoms with van der Waals surface area (Å²) in [5.41, 5.74) is 0.299. The normalized spacial score (nSPS) is 17.6. The zero-order chi connectivity index (χ0) is 12.9. The van der Waals surface area contributed by atoms with Crippen LogP contribution in [0.2, 0.25) is 0 Å². The van der Waals surface area contributed by atoms with Crippen molar-refractivity contribution in [2.75, 3.05) is 19.6 Å². The van der Waals surface area contributed by atoms with Crippen LogP contribution >= 0.6 is 12.4 Å². The molecule has 1 heterocycles. The van der Waals surface area contributed by atoms with Crippen molar-refractivity contribution in [3.63, 3.8) is 0 Å². The summed E-state index contributed by atoms with van der Waals surface area (Å²) in [6, 6.07) is 0. The molecule has 2 N–H and O–H groups in total. The lowest BCUT2D eigenvalue weighted by atomic mass is 9.79. The average molecular weight is 277 g/mol. The fourth-order valence-corrected chi connectivity index (χ4v) is 2.44. The molecule has 108 valence electrons. The van der Waals surface area contributed by atoms with Crippen LogP contribution in [0.15, 0.2) is 0 Å². The number of carbonyl (C=O) groups is 1. The van der Waals surface area contributed by atoms with E-state index in [0.29, 0.717) is 11.3 Å². The van der Waals surface area contributed by atoms with E-state index in [1.54, 1.807) is 0 Å². The third kappa shape index (κ3) is 4.13. The highest BCUT2D eigenvalue weighted by atomic mass is 35.5. The van der Waals surface area contributed by atoms with Crippen LogP contribution in [-0.4, -0.2) is 25.5 Å². The van der Waals surface area contributed by atoms with Gasteiger partial charge < -0.3 is 10.6 Å². The van der Waals surface area contributed by atoms with E-state index in [1.165, 1.54) is 0 Å². The van der Waals surface area contributed by atoms with Crippen LogP contribution < -0.4 is 10.6 Å². The highest BCUT2D eigenvalue weighted by molar-refractivity contribution is 5.85. The zero-order valence-electron chi connectivity index (χ0n) is 12.2. The third-order valence-corrected chi connectivity index (χ3v) is 4.82. The SMILES string of the molecule is CCC(CC)(CC)CNC(=O)C(C)C1CNC1.Cl. The lowest BCUT2D eigenvalue weighted by molar-refractivity contribution is -0.127. The van der Waals surface area contributed by atoms with Crippen LogP contribution in [0.4, 0.5) is 0 Å². The van der Waals surface area contributed by atoms with Crippen LogP contribution in [0, 0.1) is 17.3 Å². The van der Waals surface area contributed by atoms with Gasteiger partial charge in [0.25, 0.3) is 0 Å². The standard InChI is InChI=1S/C14H28N2O.ClH/c1-5-14(6-2,7-3)10-16-13(17)11(4)12-8-15-9-12;/h11-12,15H,5-10H2,1-4H3,(H,16,17);1H. The minimum Gasteiger partial charge on any atom is -0.355 e. The molecule has 0 bridgehead atoms. The van der Waals surface area contributed by atoms with E-state index in [-0.39, 0.29) is 24.2 Å². The topological polar surface area (TPSA) is 41.1 Å². The predicted octanol–water partition coefficient (Wildman–Crippen LogP) is 2.60. The number of hydrogen-bond donors (Lipinski definition) is 2. The lowest BCUT2D eigenvalue weighted by Gasteiger charge is -2.34. The second kappa shape index (κ2) is 8.00. The fourth-order valence-electron chi connectivity index (χ4n) is 2.44. The zero-order valence-corrected chi connectivity index (χ0v) is 13.0. The molecule has 0 aromatic rings. The molecule has 0 aromatic heterocycles. The molecule has 1 amide bonds.